The normalized spacial score (nSPS) is 12.7. The van der Waals surface area contributed by atoms with Crippen LogP contribution in [0.5, 0.6) is 0 Å². The van der Waals surface area contributed by atoms with E-state index in [-0.39, 0.29) is 0 Å². The second kappa shape index (κ2) is 8.28. The van der Waals surface area contributed by atoms with Gasteiger partial charge < -0.3 is 13.4 Å². The number of fused-ring (bicyclic) bond motifs is 17. The first-order valence-corrected chi connectivity index (χ1v) is 16.1. The Hall–Kier alpha value is -6.32. The molecule has 0 fully saturated rings. The second-order valence-corrected chi connectivity index (χ2v) is 12.7. The van der Waals surface area contributed by atoms with E-state index in [9.17, 15) is 0 Å². The summed E-state index contributed by atoms with van der Waals surface area (Å²) in [5, 5.41) is 11.7. The van der Waals surface area contributed by atoms with Crippen LogP contribution in [-0.2, 0) is 0 Å². The van der Waals surface area contributed by atoms with E-state index in [0.717, 1.165) is 60.3 Å². The van der Waals surface area contributed by atoms with Crippen molar-refractivity contribution in [2.75, 3.05) is 0 Å². The first kappa shape index (κ1) is 24.0. The number of aromatic nitrogens is 1. The van der Waals surface area contributed by atoms with Crippen molar-refractivity contribution in [3.8, 4) is 27.9 Å². The number of benzene rings is 8. The Morgan fingerprint density at radius 1 is 0.340 bits per heavy atom. The highest BCUT2D eigenvalue weighted by atomic mass is 16.3. The summed E-state index contributed by atoms with van der Waals surface area (Å²) >= 11 is 0. The average Bonchev–Trinajstić information content (AvgIpc) is 3.87. The molecule has 0 aliphatic heterocycles. The molecule has 12 rings (SSSR count). The maximum Gasteiger partial charge on any atom is 0.146 e. The van der Waals surface area contributed by atoms with Crippen molar-refractivity contribution < 1.29 is 8.83 Å². The molecule has 47 heavy (non-hydrogen) atoms. The Kier molecular flexibility index (Phi) is 4.22. The minimum Gasteiger partial charge on any atom is -0.456 e. The summed E-state index contributed by atoms with van der Waals surface area (Å²) in [5.74, 6) is 0. The van der Waals surface area contributed by atoms with E-state index in [1.807, 2.05) is 6.07 Å². The van der Waals surface area contributed by atoms with Crippen molar-refractivity contribution >= 4 is 87.2 Å². The molecule has 0 unspecified atom stereocenters. The van der Waals surface area contributed by atoms with Crippen molar-refractivity contribution in [3.63, 3.8) is 0 Å². The summed E-state index contributed by atoms with van der Waals surface area (Å²) < 4.78 is 15.9. The monoisotopic (exact) mass is 597 g/mol. The van der Waals surface area contributed by atoms with Crippen molar-refractivity contribution in [3.05, 3.63) is 140 Å². The molecular formula is C44H23NO2. The minimum atomic E-state index is 0.885. The van der Waals surface area contributed by atoms with Gasteiger partial charge in [0.05, 0.1) is 22.1 Å². The molecule has 0 spiro atoms. The van der Waals surface area contributed by atoms with Gasteiger partial charge in [-0.05, 0) is 64.0 Å². The van der Waals surface area contributed by atoms with Crippen LogP contribution in [0.3, 0.4) is 0 Å². The number of nitrogens with zero attached hydrogens (tertiary/aromatic N) is 1. The lowest BCUT2D eigenvalue weighted by Crippen LogP contribution is -1.96. The summed E-state index contributed by atoms with van der Waals surface area (Å²) in [4.78, 5) is 0. The highest BCUT2D eigenvalue weighted by Gasteiger charge is 2.27. The van der Waals surface area contributed by atoms with Gasteiger partial charge in [0.25, 0.3) is 0 Å². The summed E-state index contributed by atoms with van der Waals surface area (Å²) in [5.41, 5.74) is 12.3. The largest absolute Gasteiger partial charge is 0.456 e. The SMILES string of the molecule is c1ccc2c(c1)-c1cccc3c(-n4c5ccccc5c5c6oc7ccccc7c6c6c(ccc7oc8ccccc8c76)c54)ccc-2c13. The Bertz CT molecular complexity index is 3160. The summed E-state index contributed by atoms with van der Waals surface area (Å²) in [6.07, 6.45) is 0. The number of hydrogen-bond donors (Lipinski definition) is 0. The third kappa shape index (κ3) is 2.81. The molecule has 0 radical (unpaired) electrons. The zero-order chi connectivity index (χ0) is 30.4. The molecule has 0 saturated heterocycles. The third-order valence-corrected chi connectivity index (χ3v) is 10.5. The molecule has 1 aliphatic rings. The van der Waals surface area contributed by atoms with Crippen LogP contribution in [0.25, 0.3) is 115 Å². The van der Waals surface area contributed by atoms with Crippen LogP contribution in [0.2, 0.25) is 0 Å². The first-order chi connectivity index (χ1) is 23.3. The highest BCUT2D eigenvalue weighted by Crippen LogP contribution is 2.52. The van der Waals surface area contributed by atoms with E-state index in [1.165, 1.54) is 54.9 Å². The molecule has 8 aromatic carbocycles. The highest BCUT2D eigenvalue weighted by molar-refractivity contribution is 6.41. The number of para-hydroxylation sites is 3. The van der Waals surface area contributed by atoms with E-state index in [4.69, 9.17) is 8.83 Å². The molecule has 0 bridgehead atoms. The smallest absolute Gasteiger partial charge is 0.146 e. The van der Waals surface area contributed by atoms with Gasteiger partial charge >= 0.3 is 0 Å². The maximum atomic E-state index is 6.90. The van der Waals surface area contributed by atoms with Gasteiger partial charge in [-0.3, -0.25) is 0 Å². The van der Waals surface area contributed by atoms with Gasteiger partial charge in [0, 0.05) is 43.1 Å². The molecule has 0 N–H and O–H groups in total. The second-order valence-electron chi connectivity index (χ2n) is 12.7. The summed E-state index contributed by atoms with van der Waals surface area (Å²) in [7, 11) is 0. The lowest BCUT2D eigenvalue weighted by atomic mass is 9.95. The van der Waals surface area contributed by atoms with Gasteiger partial charge in [-0.1, -0.05) is 103 Å². The van der Waals surface area contributed by atoms with Crippen LogP contribution in [0, 0.1) is 0 Å². The molecule has 0 saturated carbocycles. The number of hydrogen-bond acceptors (Lipinski definition) is 2. The van der Waals surface area contributed by atoms with E-state index in [2.05, 4.69) is 138 Å². The van der Waals surface area contributed by atoms with Gasteiger partial charge in [0.15, 0.2) is 0 Å². The lowest BCUT2D eigenvalue weighted by Gasteiger charge is -2.15. The van der Waals surface area contributed by atoms with Crippen molar-refractivity contribution in [1.29, 1.82) is 0 Å². The minimum absolute atomic E-state index is 0.885. The number of rotatable bonds is 1. The van der Waals surface area contributed by atoms with Gasteiger partial charge in [0.1, 0.15) is 22.3 Å². The Morgan fingerprint density at radius 3 is 1.81 bits per heavy atom. The van der Waals surface area contributed by atoms with Crippen LogP contribution in [-0.4, -0.2) is 4.57 Å². The molecule has 11 aromatic rings. The van der Waals surface area contributed by atoms with Crippen LogP contribution in [0.4, 0.5) is 0 Å². The Labute approximate surface area is 267 Å². The third-order valence-electron chi connectivity index (χ3n) is 10.5. The quantitative estimate of drug-likeness (QED) is 0.188. The fourth-order valence-corrected chi connectivity index (χ4v) is 8.71. The van der Waals surface area contributed by atoms with Crippen LogP contribution in [0.1, 0.15) is 0 Å². The summed E-state index contributed by atoms with van der Waals surface area (Å²) in [6, 6.07) is 50.2. The summed E-state index contributed by atoms with van der Waals surface area (Å²) in [6.45, 7) is 0. The number of furan rings is 2. The van der Waals surface area contributed by atoms with Gasteiger partial charge in [-0.2, -0.15) is 0 Å². The standard InChI is InChI=1S/C44H23NO2/c1-2-11-25-24(10-1)26-15-9-16-28-34(22-20-27(25)38(26)28)45-33-17-6-3-12-29(33)42-43(45)32-21-23-37-39(30-13-4-7-18-35(30)46-37)40(32)41-31-14-5-8-19-36(31)47-44(41)42/h1-23H. The maximum absolute atomic E-state index is 6.90. The van der Waals surface area contributed by atoms with E-state index < -0.39 is 0 Å². The van der Waals surface area contributed by atoms with E-state index >= 15 is 0 Å². The molecule has 3 aromatic heterocycles. The topological polar surface area (TPSA) is 31.2 Å². The van der Waals surface area contributed by atoms with E-state index in [0.29, 0.717) is 0 Å². The van der Waals surface area contributed by atoms with Gasteiger partial charge in [-0.15, -0.1) is 0 Å². The fraction of sp³-hybridized carbons (Fsp3) is 0. The van der Waals surface area contributed by atoms with Crippen LogP contribution < -0.4 is 0 Å². The Balaban J connectivity index is 1.37. The van der Waals surface area contributed by atoms with Crippen LogP contribution >= 0.6 is 0 Å². The van der Waals surface area contributed by atoms with Crippen molar-refractivity contribution in [2.45, 2.75) is 0 Å². The predicted octanol–water partition coefficient (Wildman–Crippen LogP) is 12.5. The van der Waals surface area contributed by atoms with Crippen molar-refractivity contribution in [2.24, 2.45) is 0 Å². The first-order valence-electron chi connectivity index (χ1n) is 16.1. The molecule has 216 valence electrons. The van der Waals surface area contributed by atoms with Gasteiger partial charge in [-0.25, -0.2) is 0 Å². The zero-order valence-corrected chi connectivity index (χ0v) is 25.0. The van der Waals surface area contributed by atoms with Gasteiger partial charge in [0.2, 0.25) is 0 Å². The zero-order valence-electron chi connectivity index (χ0n) is 25.0. The molecule has 0 amide bonds. The molecule has 3 heterocycles. The Morgan fingerprint density at radius 2 is 0.979 bits per heavy atom. The lowest BCUT2D eigenvalue weighted by molar-refractivity contribution is 0.669. The van der Waals surface area contributed by atoms with Crippen LogP contribution in [0.15, 0.2) is 148 Å². The van der Waals surface area contributed by atoms with Crippen molar-refractivity contribution in [1.82, 2.24) is 4.57 Å². The molecule has 0 atom stereocenters. The fourth-order valence-electron chi connectivity index (χ4n) is 8.71. The molecule has 1 aliphatic carbocycles. The molecule has 3 nitrogen and oxygen atoms in total. The van der Waals surface area contributed by atoms with E-state index in [1.54, 1.807) is 0 Å². The molecular weight excluding hydrogens is 574 g/mol. The predicted molar refractivity (Wildman–Crippen MR) is 195 cm³/mol. The molecule has 3 heteroatoms. The average molecular weight is 598 g/mol.